The molecule has 0 spiro atoms. The van der Waals surface area contributed by atoms with E-state index in [-0.39, 0.29) is 19.4 Å². The molecule has 0 heterocycles. The Kier molecular flexibility index (Phi) is 12.1. The summed E-state index contributed by atoms with van der Waals surface area (Å²) in [5.74, 6) is -2.27. The maximum atomic E-state index is 14.5. The average molecular weight is 670 g/mol. The van der Waals surface area contributed by atoms with Crippen LogP contribution in [0, 0.1) is 0 Å². The summed E-state index contributed by atoms with van der Waals surface area (Å²) in [6.45, 7) is 0.0835. The summed E-state index contributed by atoms with van der Waals surface area (Å²) in [4.78, 5) is 25.7. The molecule has 0 aliphatic carbocycles. The molecule has 2 atom stereocenters. The molecular weight excluding hydrogens is 634 g/mol. The highest BCUT2D eigenvalue weighted by molar-refractivity contribution is 7.52. The highest BCUT2D eigenvalue weighted by Gasteiger charge is 2.62. The van der Waals surface area contributed by atoms with Gasteiger partial charge in [-0.05, 0) is 22.3 Å². The Labute approximate surface area is 271 Å². The monoisotopic (exact) mass is 669 g/mol. The maximum Gasteiger partial charge on any atom is 0.430 e. The first-order valence-electron chi connectivity index (χ1n) is 14.6. The molecular formula is C35H35F3NO7P. The van der Waals surface area contributed by atoms with E-state index in [1.807, 2.05) is 60.7 Å². The standard InChI is InChI=1S/C35H35F3NO7P/c1-43-32(40)22-31(39-33(41)34(44-2,35(36,37)38)30-16-10-5-11-17-30)29-20-18-28(19-21-29)25-47(42,45-23-26-12-6-3-7-13-26)46-24-27-14-8-4-9-15-27/h3-21,31H,22-25H2,1-2H3,(H,39,41)/t31-,34-/m0/s1. The topological polar surface area (TPSA) is 100 Å². The third-order valence-corrected chi connectivity index (χ3v) is 9.21. The van der Waals surface area contributed by atoms with E-state index in [2.05, 4.69) is 5.32 Å². The highest BCUT2D eigenvalue weighted by atomic mass is 31.2. The molecule has 248 valence electrons. The van der Waals surface area contributed by atoms with Crippen LogP contribution in [0.4, 0.5) is 13.2 Å². The largest absolute Gasteiger partial charge is 0.469 e. The molecule has 1 N–H and O–H groups in total. The molecule has 0 saturated carbocycles. The number of nitrogens with one attached hydrogen (secondary N) is 1. The van der Waals surface area contributed by atoms with Crippen LogP contribution in [0.25, 0.3) is 0 Å². The number of benzene rings is 4. The fourth-order valence-electron chi connectivity index (χ4n) is 4.89. The van der Waals surface area contributed by atoms with Crippen molar-refractivity contribution < 1.29 is 45.8 Å². The Bertz CT molecular complexity index is 1590. The van der Waals surface area contributed by atoms with Crippen molar-refractivity contribution in [3.8, 4) is 0 Å². The Hall–Kier alpha value is -4.28. The van der Waals surface area contributed by atoms with Crippen LogP contribution >= 0.6 is 7.60 Å². The molecule has 0 radical (unpaired) electrons. The van der Waals surface area contributed by atoms with Gasteiger partial charge in [0.2, 0.25) is 0 Å². The zero-order valence-electron chi connectivity index (χ0n) is 25.8. The minimum absolute atomic E-state index is 0.0418. The minimum Gasteiger partial charge on any atom is -0.469 e. The van der Waals surface area contributed by atoms with Gasteiger partial charge in [0.1, 0.15) is 0 Å². The number of halogens is 3. The SMILES string of the molecule is COC(=O)C[C@H](NC(=O)[C@@](OC)(c1ccccc1)C(F)(F)F)c1ccc(CP(=O)(OCc2ccccc2)OCc2ccccc2)cc1. The summed E-state index contributed by atoms with van der Waals surface area (Å²) in [5, 5.41) is 2.35. The second-order valence-corrected chi connectivity index (χ2v) is 12.6. The number of amides is 1. The second-order valence-electron chi connectivity index (χ2n) is 10.6. The van der Waals surface area contributed by atoms with Crippen molar-refractivity contribution >= 4 is 19.5 Å². The molecule has 4 rings (SSSR count). The molecule has 0 fully saturated rings. The third-order valence-electron chi connectivity index (χ3n) is 7.41. The Morgan fingerprint density at radius 3 is 1.66 bits per heavy atom. The maximum absolute atomic E-state index is 14.5. The van der Waals surface area contributed by atoms with Gasteiger partial charge in [0.05, 0.1) is 38.9 Å². The molecule has 0 unspecified atom stereocenters. The number of esters is 1. The Balaban J connectivity index is 1.58. The lowest BCUT2D eigenvalue weighted by atomic mass is 9.90. The molecule has 0 aliphatic rings. The van der Waals surface area contributed by atoms with Crippen LogP contribution in [0.3, 0.4) is 0 Å². The summed E-state index contributed by atoms with van der Waals surface area (Å²) in [6.07, 6.45) is -5.73. The van der Waals surface area contributed by atoms with Crippen molar-refractivity contribution in [2.45, 2.75) is 43.6 Å². The zero-order chi connectivity index (χ0) is 33.9. The lowest BCUT2D eigenvalue weighted by Crippen LogP contribution is -2.56. The van der Waals surface area contributed by atoms with Gasteiger partial charge in [0, 0.05) is 12.7 Å². The molecule has 47 heavy (non-hydrogen) atoms. The first-order chi connectivity index (χ1) is 22.5. The number of methoxy groups -OCH3 is 2. The van der Waals surface area contributed by atoms with Crippen molar-refractivity contribution in [1.29, 1.82) is 0 Å². The van der Waals surface area contributed by atoms with Crippen LogP contribution in [0.5, 0.6) is 0 Å². The van der Waals surface area contributed by atoms with Crippen molar-refractivity contribution in [2.75, 3.05) is 14.2 Å². The Morgan fingerprint density at radius 1 is 0.723 bits per heavy atom. The number of alkyl halides is 3. The number of hydrogen-bond donors (Lipinski definition) is 1. The molecule has 0 bridgehead atoms. The smallest absolute Gasteiger partial charge is 0.430 e. The van der Waals surface area contributed by atoms with Crippen molar-refractivity contribution in [1.82, 2.24) is 5.32 Å². The predicted molar refractivity (Wildman–Crippen MR) is 169 cm³/mol. The van der Waals surface area contributed by atoms with Gasteiger partial charge in [-0.15, -0.1) is 0 Å². The number of carbonyl (C=O) groups excluding carboxylic acids is 2. The number of carbonyl (C=O) groups is 2. The van der Waals surface area contributed by atoms with Crippen molar-refractivity contribution in [3.05, 3.63) is 143 Å². The number of hydrogen-bond acceptors (Lipinski definition) is 7. The average Bonchev–Trinajstić information content (AvgIpc) is 3.08. The summed E-state index contributed by atoms with van der Waals surface area (Å²) < 4.78 is 78.9. The van der Waals surface area contributed by atoms with Gasteiger partial charge in [-0.1, -0.05) is 115 Å². The van der Waals surface area contributed by atoms with Crippen LogP contribution in [0.15, 0.2) is 115 Å². The second kappa shape index (κ2) is 16.0. The minimum atomic E-state index is -5.15. The molecule has 0 aliphatic heterocycles. The van der Waals surface area contributed by atoms with E-state index in [0.29, 0.717) is 11.1 Å². The van der Waals surface area contributed by atoms with Crippen LogP contribution in [-0.4, -0.2) is 32.3 Å². The van der Waals surface area contributed by atoms with Gasteiger partial charge < -0.3 is 23.8 Å². The third kappa shape index (κ3) is 9.17. The molecule has 12 heteroatoms. The molecule has 4 aromatic rings. The van der Waals surface area contributed by atoms with E-state index in [0.717, 1.165) is 37.5 Å². The first-order valence-corrected chi connectivity index (χ1v) is 16.3. The van der Waals surface area contributed by atoms with Crippen LogP contribution in [0.2, 0.25) is 0 Å². The molecule has 0 saturated heterocycles. The van der Waals surface area contributed by atoms with Gasteiger partial charge in [-0.25, -0.2) is 0 Å². The quantitative estimate of drug-likeness (QED) is 0.103. The normalized spacial score (nSPS) is 13.7. The van der Waals surface area contributed by atoms with E-state index in [1.165, 1.54) is 30.3 Å². The van der Waals surface area contributed by atoms with Crippen molar-refractivity contribution in [2.24, 2.45) is 0 Å². The predicted octanol–water partition coefficient (Wildman–Crippen LogP) is 7.64. The van der Waals surface area contributed by atoms with Crippen LogP contribution in [0.1, 0.15) is 40.3 Å². The van der Waals surface area contributed by atoms with Gasteiger partial charge >= 0.3 is 19.7 Å². The molecule has 1 amide bonds. The summed E-state index contributed by atoms with van der Waals surface area (Å²) in [6, 6.07) is 29.9. The van der Waals surface area contributed by atoms with Crippen molar-refractivity contribution in [3.63, 3.8) is 0 Å². The van der Waals surface area contributed by atoms with Crippen LogP contribution < -0.4 is 5.32 Å². The van der Waals surface area contributed by atoms with E-state index >= 15 is 0 Å². The Morgan fingerprint density at radius 2 is 1.21 bits per heavy atom. The van der Waals surface area contributed by atoms with E-state index < -0.39 is 49.3 Å². The lowest BCUT2D eigenvalue weighted by Gasteiger charge is -2.34. The number of rotatable bonds is 15. The van der Waals surface area contributed by atoms with Gasteiger partial charge in [0.25, 0.3) is 11.5 Å². The highest BCUT2D eigenvalue weighted by Crippen LogP contribution is 2.53. The van der Waals surface area contributed by atoms with Crippen LogP contribution in [-0.2, 0) is 57.7 Å². The van der Waals surface area contributed by atoms with E-state index in [4.69, 9.17) is 18.5 Å². The fourth-order valence-corrected chi connectivity index (χ4v) is 6.49. The molecule has 8 nitrogen and oxygen atoms in total. The van der Waals surface area contributed by atoms with Gasteiger partial charge in [-0.2, -0.15) is 13.2 Å². The van der Waals surface area contributed by atoms with Gasteiger partial charge in [-0.3, -0.25) is 14.2 Å². The van der Waals surface area contributed by atoms with Gasteiger partial charge in [0.15, 0.2) is 0 Å². The fraction of sp³-hybridized carbons (Fsp3) is 0.257. The number of ether oxygens (including phenoxy) is 2. The van der Waals surface area contributed by atoms with E-state index in [9.17, 15) is 27.3 Å². The summed E-state index contributed by atoms with van der Waals surface area (Å²) >= 11 is 0. The lowest BCUT2D eigenvalue weighted by molar-refractivity contribution is -0.266. The van der Waals surface area contributed by atoms with E-state index in [1.54, 1.807) is 12.1 Å². The molecule has 0 aromatic heterocycles. The summed E-state index contributed by atoms with van der Waals surface area (Å²) in [5.41, 5.74) is -1.34. The first kappa shape index (κ1) is 35.6. The zero-order valence-corrected chi connectivity index (χ0v) is 26.7. The summed E-state index contributed by atoms with van der Waals surface area (Å²) in [7, 11) is -1.80. The molecule has 4 aromatic carbocycles.